The maximum atomic E-state index is 11.9. The number of carbonyl (C=O) groups is 1. The Morgan fingerprint density at radius 2 is 1.64 bits per heavy atom. The molecule has 0 spiro atoms. The van der Waals surface area contributed by atoms with Gasteiger partial charge in [0.15, 0.2) is 0 Å². The van der Waals surface area contributed by atoms with Crippen LogP contribution < -0.4 is 0 Å². The van der Waals surface area contributed by atoms with Gasteiger partial charge in [0.2, 0.25) is 0 Å². The molecular weight excluding hydrogens is 294 g/mol. The van der Waals surface area contributed by atoms with Crippen LogP contribution in [0.4, 0.5) is 16.2 Å². The van der Waals surface area contributed by atoms with Crippen molar-refractivity contribution in [2.45, 2.75) is 25.9 Å². The Bertz CT molecular complexity index is 565. The molecule has 0 radical (unpaired) electrons. The standard InChI is InChI=1S/C13H15N3O6/c17-13(14-7-2-1-3-8-14)22-9-10-11(15(18)19)5-4-6-12(10)16(20)21/h4-6H,1-3,7-9H2. The number of ether oxygens (including phenoxy) is 1. The predicted octanol–water partition coefficient (Wildman–Crippen LogP) is 2.63. The number of hydrogen-bond donors (Lipinski definition) is 0. The Hall–Kier alpha value is -2.71. The van der Waals surface area contributed by atoms with Crippen molar-refractivity contribution in [2.24, 2.45) is 0 Å². The molecule has 0 N–H and O–H groups in total. The molecular formula is C13H15N3O6. The third-order valence-corrected chi connectivity index (χ3v) is 3.47. The van der Waals surface area contributed by atoms with E-state index in [2.05, 4.69) is 0 Å². The van der Waals surface area contributed by atoms with Crippen LogP contribution in [-0.2, 0) is 11.3 Å². The highest BCUT2D eigenvalue weighted by molar-refractivity contribution is 5.68. The third-order valence-electron chi connectivity index (χ3n) is 3.47. The second kappa shape index (κ2) is 6.83. The highest BCUT2D eigenvalue weighted by Gasteiger charge is 2.27. The zero-order valence-electron chi connectivity index (χ0n) is 11.8. The lowest BCUT2D eigenvalue weighted by Gasteiger charge is -2.25. The number of amides is 1. The predicted molar refractivity (Wildman–Crippen MR) is 75.4 cm³/mol. The van der Waals surface area contributed by atoms with E-state index < -0.39 is 33.9 Å². The molecule has 1 saturated heterocycles. The van der Waals surface area contributed by atoms with E-state index in [1.54, 1.807) is 0 Å². The molecule has 0 bridgehead atoms. The Morgan fingerprint density at radius 1 is 1.09 bits per heavy atom. The van der Waals surface area contributed by atoms with Crippen LogP contribution >= 0.6 is 0 Å². The van der Waals surface area contributed by atoms with E-state index >= 15 is 0 Å². The summed E-state index contributed by atoms with van der Waals surface area (Å²) >= 11 is 0. The highest BCUT2D eigenvalue weighted by Crippen LogP contribution is 2.29. The normalized spacial score (nSPS) is 14.5. The number of nitro benzene ring substituents is 2. The molecule has 9 heteroatoms. The van der Waals surface area contributed by atoms with Gasteiger partial charge in [0.1, 0.15) is 12.2 Å². The molecule has 2 rings (SSSR count). The average molecular weight is 309 g/mol. The van der Waals surface area contributed by atoms with Crippen LogP contribution in [0.25, 0.3) is 0 Å². The van der Waals surface area contributed by atoms with E-state index in [1.165, 1.54) is 11.0 Å². The number of piperidine rings is 1. The number of nitrogens with zero attached hydrogens (tertiary/aromatic N) is 3. The molecule has 1 fully saturated rings. The molecule has 1 aromatic rings. The number of nitro groups is 2. The van der Waals surface area contributed by atoms with E-state index in [0.717, 1.165) is 31.4 Å². The molecule has 1 amide bonds. The van der Waals surface area contributed by atoms with Crippen molar-refractivity contribution in [3.8, 4) is 0 Å². The number of hydrogen-bond acceptors (Lipinski definition) is 6. The Labute approximate surface area is 125 Å². The summed E-state index contributed by atoms with van der Waals surface area (Å²) in [6.45, 7) is 0.637. The van der Waals surface area contributed by atoms with Gasteiger partial charge < -0.3 is 9.64 Å². The summed E-state index contributed by atoms with van der Waals surface area (Å²) in [4.78, 5) is 33.9. The van der Waals surface area contributed by atoms with Gasteiger partial charge in [-0.05, 0) is 25.3 Å². The van der Waals surface area contributed by atoms with Crippen molar-refractivity contribution in [3.63, 3.8) is 0 Å². The molecule has 118 valence electrons. The van der Waals surface area contributed by atoms with Crippen LogP contribution in [0, 0.1) is 20.2 Å². The molecule has 1 aliphatic rings. The lowest BCUT2D eigenvalue weighted by atomic mass is 10.1. The van der Waals surface area contributed by atoms with Crippen molar-refractivity contribution in [2.75, 3.05) is 13.1 Å². The molecule has 0 atom stereocenters. The fourth-order valence-electron chi connectivity index (χ4n) is 2.35. The van der Waals surface area contributed by atoms with E-state index in [1.807, 2.05) is 0 Å². The first kappa shape index (κ1) is 15.7. The van der Waals surface area contributed by atoms with Crippen LogP contribution in [0.1, 0.15) is 24.8 Å². The highest BCUT2D eigenvalue weighted by atomic mass is 16.6. The summed E-state index contributed by atoms with van der Waals surface area (Å²) < 4.78 is 5.03. The summed E-state index contributed by atoms with van der Waals surface area (Å²) in [6, 6.07) is 3.53. The number of likely N-dealkylation sites (tertiary alicyclic amines) is 1. The second-order valence-corrected chi connectivity index (χ2v) is 4.89. The smallest absolute Gasteiger partial charge is 0.410 e. The molecule has 9 nitrogen and oxygen atoms in total. The zero-order chi connectivity index (χ0) is 16.1. The first-order chi connectivity index (χ1) is 10.5. The summed E-state index contributed by atoms with van der Waals surface area (Å²) in [5, 5.41) is 21.9. The van der Waals surface area contributed by atoms with Crippen molar-refractivity contribution in [3.05, 3.63) is 44.0 Å². The van der Waals surface area contributed by atoms with Crippen LogP contribution in [0.5, 0.6) is 0 Å². The molecule has 0 aliphatic carbocycles. The first-order valence-electron chi connectivity index (χ1n) is 6.83. The van der Waals surface area contributed by atoms with E-state index in [-0.39, 0.29) is 5.56 Å². The SMILES string of the molecule is O=C(OCc1c([N+](=O)[O-])cccc1[N+](=O)[O-])N1CCCCC1. The molecule has 1 aliphatic heterocycles. The van der Waals surface area contributed by atoms with Gasteiger partial charge in [-0.2, -0.15) is 0 Å². The molecule has 1 heterocycles. The summed E-state index contributed by atoms with van der Waals surface area (Å²) in [7, 11) is 0. The first-order valence-corrected chi connectivity index (χ1v) is 6.83. The lowest BCUT2D eigenvalue weighted by molar-refractivity contribution is -0.396. The van der Waals surface area contributed by atoms with Gasteiger partial charge in [-0.25, -0.2) is 4.79 Å². The summed E-state index contributed by atoms with van der Waals surface area (Å²) in [6.07, 6.45) is 2.19. The van der Waals surface area contributed by atoms with Gasteiger partial charge >= 0.3 is 6.09 Å². The van der Waals surface area contributed by atoms with Crippen molar-refractivity contribution in [1.82, 2.24) is 4.90 Å². The topological polar surface area (TPSA) is 116 Å². The number of carbonyl (C=O) groups excluding carboxylic acids is 1. The van der Waals surface area contributed by atoms with Gasteiger partial charge in [0.25, 0.3) is 11.4 Å². The monoisotopic (exact) mass is 309 g/mol. The van der Waals surface area contributed by atoms with Gasteiger partial charge in [-0.3, -0.25) is 20.2 Å². The average Bonchev–Trinajstić information content (AvgIpc) is 2.52. The lowest BCUT2D eigenvalue weighted by Crippen LogP contribution is -2.36. The molecule has 0 saturated carbocycles. The van der Waals surface area contributed by atoms with Crippen molar-refractivity contribution < 1.29 is 19.4 Å². The van der Waals surface area contributed by atoms with Crippen molar-refractivity contribution in [1.29, 1.82) is 0 Å². The number of rotatable bonds is 4. The fourth-order valence-corrected chi connectivity index (χ4v) is 2.35. The van der Waals surface area contributed by atoms with E-state index in [9.17, 15) is 25.0 Å². The molecule has 0 aromatic heterocycles. The third kappa shape index (κ3) is 3.48. The van der Waals surface area contributed by atoms with Gasteiger partial charge in [-0.15, -0.1) is 0 Å². The second-order valence-electron chi connectivity index (χ2n) is 4.89. The van der Waals surface area contributed by atoms with Gasteiger partial charge in [0, 0.05) is 25.2 Å². The van der Waals surface area contributed by atoms with Gasteiger partial charge in [-0.1, -0.05) is 0 Å². The maximum absolute atomic E-state index is 11.9. The van der Waals surface area contributed by atoms with Crippen LogP contribution in [0.2, 0.25) is 0 Å². The summed E-state index contributed by atoms with van der Waals surface area (Å²) in [5.41, 5.74) is -1.07. The van der Waals surface area contributed by atoms with Crippen molar-refractivity contribution >= 4 is 17.5 Å². The summed E-state index contributed by atoms with van der Waals surface area (Å²) in [5.74, 6) is 0. The maximum Gasteiger partial charge on any atom is 0.410 e. The Balaban J connectivity index is 2.15. The Kier molecular flexibility index (Phi) is 4.87. The van der Waals surface area contributed by atoms with Crippen LogP contribution in [0.3, 0.4) is 0 Å². The number of benzene rings is 1. The quantitative estimate of drug-likeness (QED) is 0.623. The van der Waals surface area contributed by atoms with E-state index in [4.69, 9.17) is 4.74 Å². The molecule has 1 aromatic carbocycles. The van der Waals surface area contributed by atoms with Gasteiger partial charge in [0.05, 0.1) is 9.85 Å². The zero-order valence-corrected chi connectivity index (χ0v) is 11.8. The Morgan fingerprint density at radius 3 is 2.14 bits per heavy atom. The fraction of sp³-hybridized carbons (Fsp3) is 0.462. The van der Waals surface area contributed by atoms with E-state index in [0.29, 0.717) is 13.1 Å². The van der Waals surface area contributed by atoms with Crippen LogP contribution in [0.15, 0.2) is 18.2 Å². The van der Waals surface area contributed by atoms with Crippen LogP contribution in [-0.4, -0.2) is 33.9 Å². The minimum Gasteiger partial charge on any atom is -0.444 e. The minimum atomic E-state index is -0.725. The minimum absolute atomic E-state index is 0.206. The molecule has 0 unspecified atom stereocenters. The largest absolute Gasteiger partial charge is 0.444 e. The molecule has 22 heavy (non-hydrogen) atoms.